The Morgan fingerprint density at radius 2 is 1.96 bits per heavy atom. The van der Waals surface area contributed by atoms with Crippen molar-refractivity contribution >= 4 is 22.4 Å². The molecule has 6 nitrogen and oxygen atoms in total. The number of nitrogens with zero attached hydrogens (tertiary/aromatic N) is 2. The first kappa shape index (κ1) is 16.8. The highest BCUT2D eigenvalue weighted by Crippen LogP contribution is 2.33. The maximum absolute atomic E-state index is 11.8. The minimum atomic E-state index is -0.565. The Labute approximate surface area is 138 Å². The second-order valence-electron chi connectivity index (χ2n) is 5.76. The van der Waals surface area contributed by atoms with Crippen molar-refractivity contribution in [2.75, 3.05) is 5.32 Å². The van der Waals surface area contributed by atoms with Gasteiger partial charge < -0.3 is 9.47 Å². The number of carbonyl (C=O) groups excluding carboxylic acids is 1. The summed E-state index contributed by atoms with van der Waals surface area (Å²) in [4.78, 5) is 16.1. The van der Waals surface area contributed by atoms with E-state index in [1.807, 2.05) is 6.07 Å². The molecule has 2 aromatic rings. The molecule has 1 aromatic heterocycles. The summed E-state index contributed by atoms with van der Waals surface area (Å²) in [5, 5.41) is 12.4. The van der Waals surface area contributed by atoms with Gasteiger partial charge in [0.1, 0.15) is 16.4 Å². The molecule has 0 spiro atoms. The van der Waals surface area contributed by atoms with Crippen molar-refractivity contribution in [1.82, 2.24) is 4.98 Å². The van der Waals surface area contributed by atoms with Crippen LogP contribution in [-0.4, -0.2) is 16.7 Å². The number of carbonyl (C=O) groups is 1. The number of benzene rings is 1. The zero-order chi connectivity index (χ0) is 17.0. The van der Waals surface area contributed by atoms with Gasteiger partial charge in [0.2, 0.25) is 0 Å². The van der Waals surface area contributed by atoms with Crippen LogP contribution in [0.2, 0.25) is 0 Å². The van der Waals surface area contributed by atoms with Gasteiger partial charge in [0, 0.05) is 0 Å². The fourth-order valence-corrected chi connectivity index (χ4v) is 2.45. The van der Waals surface area contributed by atoms with E-state index in [0.29, 0.717) is 27.2 Å². The molecule has 0 bridgehead atoms. The summed E-state index contributed by atoms with van der Waals surface area (Å²) in [6, 6.07) is 8.75. The lowest BCUT2D eigenvalue weighted by Crippen LogP contribution is -2.27. The van der Waals surface area contributed by atoms with E-state index in [9.17, 15) is 4.79 Å². The second kappa shape index (κ2) is 6.67. The molecule has 1 aromatic carbocycles. The number of aryl methyl sites for hydroxylation is 1. The highest BCUT2D eigenvalue weighted by atomic mass is 32.1. The molecule has 0 radical (unpaired) electrons. The van der Waals surface area contributed by atoms with Gasteiger partial charge in [-0.2, -0.15) is 5.26 Å². The SMILES string of the molecule is Cc1nc(Oc2ccc(C#N)cc2)sc1NC(=O)OC(C)(C)C. The predicted molar refractivity (Wildman–Crippen MR) is 87.9 cm³/mol. The molecule has 0 aliphatic heterocycles. The lowest BCUT2D eigenvalue weighted by atomic mass is 10.2. The lowest BCUT2D eigenvalue weighted by molar-refractivity contribution is 0.0636. The molecule has 2 rings (SSSR count). The Balaban J connectivity index is 2.05. The number of nitriles is 1. The van der Waals surface area contributed by atoms with E-state index >= 15 is 0 Å². The van der Waals surface area contributed by atoms with E-state index in [-0.39, 0.29) is 0 Å². The Morgan fingerprint density at radius 1 is 1.30 bits per heavy atom. The fourth-order valence-electron chi connectivity index (χ4n) is 1.63. The monoisotopic (exact) mass is 331 g/mol. The van der Waals surface area contributed by atoms with E-state index in [1.165, 1.54) is 11.3 Å². The van der Waals surface area contributed by atoms with Gasteiger partial charge in [-0.15, -0.1) is 0 Å². The number of hydrogen-bond donors (Lipinski definition) is 1. The van der Waals surface area contributed by atoms with Crippen molar-refractivity contribution in [2.24, 2.45) is 0 Å². The third-order valence-electron chi connectivity index (χ3n) is 2.58. The highest BCUT2D eigenvalue weighted by Gasteiger charge is 2.18. The van der Waals surface area contributed by atoms with Gasteiger partial charge in [0.05, 0.1) is 17.3 Å². The van der Waals surface area contributed by atoms with E-state index in [4.69, 9.17) is 14.7 Å². The van der Waals surface area contributed by atoms with E-state index in [2.05, 4.69) is 10.3 Å². The average Bonchev–Trinajstić information content (AvgIpc) is 2.77. The van der Waals surface area contributed by atoms with Crippen molar-refractivity contribution in [2.45, 2.75) is 33.3 Å². The molecule has 0 aliphatic carbocycles. The Kier molecular flexibility index (Phi) is 4.86. The van der Waals surface area contributed by atoms with Gasteiger partial charge in [-0.05, 0) is 52.0 Å². The maximum Gasteiger partial charge on any atom is 0.412 e. The summed E-state index contributed by atoms with van der Waals surface area (Å²) in [7, 11) is 0. The first-order valence-electron chi connectivity index (χ1n) is 6.92. The summed E-state index contributed by atoms with van der Waals surface area (Å²) in [6.45, 7) is 7.16. The largest absolute Gasteiger partial charge is 0.444 e. The standard InChI is InChI=1S/C16H17N3O3S/c1-10-13(19-14(20)22-16(2,3)4)23-15(18-10)21-12-7-5-11(9-17)6-8-12/h5-8H,1-4H3,(H,19,20). The van der Waals surface area contributed by atoms with Gasteiger partial charge in [0.15, 0.2) is 0 Å². The number of hydrogen-bond acceptors (Lipinski definition) is 6. The van der Waals surface area contributed by atoms with Gasteiger partial charge >= 0.3 is 6.09 Å². The number of rotatable bonds is 3. The minimum absolute atomic E-state index is 0.401. The van der Waals surface area contributed by atoms with Gasteiger partial charge in [0.25, 0.3) is 5.19 Å². The van der Waals surface area contributed by atoms with E-state index < -0.39 is 11.7 Å². The average molecular weight is 331 g/mol. The fraction of sp³-hybridized carbons (Fsp3) is 0.312. The number of aromatic nitrogens is 1. The van der Waals surface area contributed by atoms with Crippen molar-refractivity contribution in [3.8, 4) is 17.0 Å². The summed E-state index contributed by atoms with van der Waals surface area (Å²) < 4.78 is 10.8. The molecule has 7 heteroatoms. The minimum Gasteiger partial charge on any atom is -0.444 e. The Morgan fingerprint density at radius 3 is 2.52 bits per heavy atom. The van der Waals surface area contributed by atoms with Crippen molar-refractivity contribution in [3.05, 3.63) is 35.5 Å². The Hall–Kier alpha value is -2.59. The molecule has 0 saturated heterocycles. The Bertz CT molecular complexity index is 739. The smallest absolute Gasteiger partial charge is 0.412 e. The van der Waals surface area contributed by atoms with Crippen LogP contribution in [0.25, 0.3) is 0 Å². The van der Waals surface area contributed by atoms with Crippen molar-refractivity contribution < 1.29 is 14.3 Å². The summed E-state index contributed by atoms with van der Waals surface area (Å²) >= 11 is 1.21. The first-order chi connectivity index (χ1) is 10.8. The van der Waals surface area contributed by atoms with E-state index in [1.54, 1.807) is 52.0 Å². The predicted octanol–water partition coefficient (Wildman–Crippen LogP) is 4.46. The molecule has 0 fully saturated rings. The number of nitrogens with one attached hydrogen (secondary N) is 1. The highest BCUT2D eigenvalue weighted by molar-refractivity contribution is 7.17. The van der Waals surface area contributed by atoms with Crippen LogP contribution in [0.5, 0.6) is 10.9 Å². The second-order valence-corrected chi connectivity index (χ2v) is 6.72. The van der Waals surface area contributed by atoms with Crippen LogP contribution in [0.15, 0.2) is 24.3 Å². The van der Waals surface area contributed by atoms with Crippen LogP contribution in [-0.2, 0) is 4.74 Å². The van der Waals surface area contributed by atoms with Crippen LogP contribution in [0.4, 0.5) is 9.80 Å². The summed E-state index contributed by atoms with van der Waals surface area (Å²) in [6.07, 6.45) is -0.533. The number of anilines is 1. The van der Waals surface area contributed by atoms with Crippen LogP contribution in [0.1, 0.15) is 32.0 Å². The number of ether oxygens (including phenoxy) is 2. The molecule has 23 heavy (non-hydrogen) atoms. The van der Waals surface area contributed by atoms with Gasteiger partial charge in [-0.3, -0.25) is 5.32 Å². The summed E-state index contributed by atoms with van der Waals surface area (Å²) in [5.41, 5.74) is 0.634. The molecule has 0 unspecified atom stereocenters. The van der Waals surface area contributed by atoms with Crippen LogP contribution in [0, 0.1) is 18.3 Å². The molecule has 0 aliphatic rings. The van der Waals surface area contributed by atoms with Crippen LogP contribution < -0.4 is 10.1 Å². The topological polar surface area (TPSA) is 84.2 Å². The summed E-state index contributed by atoms with van der Waals surface area (Å²) in [5.74, 6) is 0.571. The molecule has 1 heterocycles. The number of amides is 1. The molecular weight excluding hydrogens is 314 g/mol. The molecule has 0 saturated carbocycles. The van der Waals surface area contributed by atoms with Gasteiger partial charge in [-0.1, -0.05) is 11.3 Å². The molecular formula is C16H17N3O3S. The maximum atomic E-state index is 11.8. The zero-order valence-corrected chi connectivity index (χ0v) is 14.2. The third-order valence-corrected chi connectivity index (χ3v) is 3.53. The third kappa shape index (κ3) is 4.97. The van der Waals surface area contributed by atoms with E-state index in [0.717, 1.165) is 0 Å². The molecule has 0 atom stereocenters. The van der Waals surface area contributed by atoms with Crippen molar-refractivity contribution in [3.63, 3.8) is 0 Å². The quantitative estimate of drug-likeness (QED) is 0.897. The zero-order valence-electron chi connectivity index (χ0n) is 13.3. The normalized spacial score (nSPS) is 10.7. The van der Waals surface area contributed by atoms with Crippen molar-refractivity contribution in [1.29, 1.82) is 5.26 Å². The number of thiazole rings is 1. The van der Waals surface area contributed by atoms with Crippen LogP contribution in [0.3, 0.4) is 0 Å². The molecule has 1 amide bonds. The van der Waals surface area contributed by atoms with Crippen LogP contribution >= 0.6 is 11.3 Å². The molecule has 1 N–H and O–H groups in total. The van der Waals surface area contributed by atoms with Gasteiger partial charge in [-0.25, -0.2) is 9.78 Å². The lowest BCUT2D eigenvalue weighted by Gasteiger charge is -2.19. The molecule has 120 valence electrons. The first-order valence-corrected chi connectivity index (χ1v) is 7.74.